The smallest absolute Gasteiger partial charge is 0.407 e. The predicted molar refractivity (Wildman–Crippen MR) is 88.3 cm³/mol. The molecule has 2 rings (SSSR count). The Kier molecular flexibility index (Phi) is 6.52. The van der Waals surface area contributed by atoms with E-state index in [9.17, 15) is 18.0 Å². The molecule has 8 heteroatoms. The topological polar surface area (TPSA) is 56.8 Å². The summed E-state index contributed by atoms with van der Waals surface area (Å²) >= 11 is 0. The molecular formula is C18H24F3NO4. The van der Waals surface area contributed by atoms with Crippen LogP contribution in [-0.2, 0) is 20.8 Å². The maximum Gasteiger partial charge on any atom is 0.407 e. The highest BCUT2D eigenvalue weighted by Gasteiger charge is 2.50. The Hall–Kier alpha value is -1.80. The minimum atomic E-state index is -4.48. The van der Waals surface area contributed by atoms with Crippen molar-refractivity contribution < 1.29 is 32.2 Å². The number of benzene rings is 1. The van der Waals surface area contributed by atoms with Crippen LogP contribution in [-0.4, -0.2) is 36.8 Å². The zero-order valence-electron chi connectivity index (χ0n) is 15.0. The largest absolute Gasteiger partial charge is 0.445 e. The SMILES string of the molecule is CC[C@@H]([C@@H](NC(=O)OCc1ccccc1)[C@H]1COC(C)(C)O1)C(F)(F)F. The Balaban J connectivity index is 2.06. The predicted octanol–water partition coefficient (Wildman–Crippen LogP) is 4.02. The third-order valence-electron chi connectivity index (χ3n) is 4.22. The van der Waals surface area contributed by atoms with Gasteiger partial charge < -0.3 is 19.5 Å². The summed E-state index contributed by atoms with van der Waals surface area (Å²) in [6.45, 7) is 4.58. The quantitative estimate of drug-likeness (QED) is 0.816. The van der Waals surface area contributed by atoms with Gasteiger partial charge in [-0.3, -0.25) is 0 Å². The third kappa shape index (κ3) is 5.60. The lowest BCUT2D eigenvalue weighted by Gasteiger charge is -2.32. The number of ether oxygens (including phenoxy) is 3. The first kappa shape index (κ1) is 20.5. The summed E-state index contributed by atoms with van der Waals surface area (Å²) < 4.78 is 56.3. The van der Waals surface area contributed by atoms with Crippen LogP contribution in [0.1, 0.15) is 32.8 Å². The molecule has 1 heterocycles. The van der Waals surface area contributed by atoms with Gasteiger partial charge in [0.15, 0.2) is 5.79 Å². The standard InChI is InChI=1S/C18H24F3NO4/c1-4-13(18(19,20)21)15(14-11-25-17(2,3)26-14)22-16(23)24-10-12-8-6-5-7-9-12/h5-9,13-15H,4,10-11H2,1-3H3,(H,22,23)/t13-,14+,15+/m0/s1. The summed E-state index contributed by atoms with van der Waals surface area (Å²) in [6, 6.07) is 7.58. The maximum atomic E-state index is 13.4. The average Bonchev–Trinajstić information content (AvgIpc) is 2.92. The molecule has 1 fully saturated rings. The zero-order valence-corrected chi connectivity index (χ0v) is 15.0. The molecule has 5 nitrogen and oxygen atoms in total. The number of hydrogen-bond acceptors (Lipinski definition) is 4. The van der Waals surface area contributed by atoms with Crippen LogP contribution in [0, 0.1) is 5.92 Å². The third-order valence-corrected chi connectivity index (χ3v) is 4.22. The van der Waals surface area contributed by atoms with Gasteiger partial charge in [0.2, 0.25) is 0 Å². The van der Waals surface area contributed by atoms with Crippen molar-refractivity contribution in [1.29, 1.82) is 0 Å². The van der Waals surface area contributed by atoms with Gasteiger partial charge in [0.1, 0.15) is 12.7 Å². The minimum Gasteiger partial charge on any atom is -0.445 e. The second kappa shape index (κ2) is 8.26. The van der Waals surface area contributed by atoms with Crippen LogP contribution in [0.15, 0.2) is 30.3 Å². The fraction of sp³-hybridized carbons (Fsp3) is 0.611. The second-order valence-electron chi connectivity index (χ2n) is 6.66. The molecule has 1 amide bonds. The van der Waals surface area contributed by atoms with Gasteiger partial charge in [0.25, 0.3) is 0 Å². The first-order valence-corrected chi connectivity index (χ1v) is 8.48. The number of hydrogen-bond donors (Lipinski definition) is 1. The van der Waals surface area contributed by atoms with E-state index in [1.807, 2.05) is 6.07 Å². The van der Waals surface area contributed by atoms with Crippen molar-refractivity contribution in [1.82, 2.24) is 5.32 Å². The zero-order chi connectivity index (χ0) is 19.4. The van der Waals surface area contributed by atoms with Crippen molar-refractivity contribution in [2.24, 2.45) is 5.92 Å². The van der Waals surface area contributed by atoms with Gasteiger partial charge in [-0.15, -0.1) is 0 Å². The number of nitrogens with one attached hydrogen (secondary N) is 1. The molecule has 0 spiro atoms. The molecule has 1 aromatic rings. The van der Waals surface area contributed by atoms with E-state index in [0.29, 0.717) is 0 Å². The molecule has 0 radical (unpaired) electrons. The van der Waals surface area contributed by atoms with Gasteiger partial charge in [-0.1, -0.05) is 37.3 Å². The Bertz CT molecular complexity index is 592. The monoisotopic (exact) mass is 375 g/mol. The van der Waals surface area contributed by atoms with Gasteiger partial charge >= 0.3 is 12.3 Å². The number of halogens is 3. The molecule has 1 aliphatic rings. The molecule has 3 atom stereocenters. The highest BCUT2D eigenvalue weighted by molar-refractivity contribution is 5.67. The van der Waals surface area contributed by atoms with E-state index in [4.69, 9.17) is 14.2 Å². The van der Waals surface area contributed by atoms with Crippen molar-refractivity contribution in [2.75, 3.05) is 6.61 Å². The Labute approximate surface area is 150 Å². The summed E-state index contributed by atoms with van der Waals surface area (Å²) in [7, 11) is 0. The fourth-order valence-electron chi connectivity index (χ4n) is 2.93. The van der Waals surface area contributed by atoms with Gasteiger partial charge in [-0.25, -0.2) is 4.79 Å². The normalized spacial score (nSPS) is 21.8. The lowest BCUT2D eigenvalue weighted by Crippen LogP contribution is -2.53. The van der Waals surface area contributed by atoms with Crippen molar-refractivity contribution in [3.63, 3.8) is 0 Å². The Morgan fingerprint density at radius 2 is 2.00 bits per heavy atom. The van der Waals surface area contributed by atoms with Gasteiger partial charge in [0.05, 0.1) is 18.6 Å². The molecule has 1 aromatic carbocycles. The number of rotatable bonds is 6. The number of alkyl carbamates (subject to hydrolysis) is 1. The van der Waals surface area contributed by atoms with Crippen molar-refractivity contribution in [3.05, 3.63) is 35.9 Å². The summed E-state index contributed by atoms with van der Waals surface area (Å²) in [5, 5.41) is 2.34. The van der Waals surface area contributed by atoms with E-state index >= 15 is 0 Å². The lowest BCUT2D eigenvalue weighted by atomic mass is 9.92. The molecule has 26 heavy (non-hydrogen) atoms. The maximum absolute atomic E-state index is 13.4. The van der Waals surface area contributed by atoms with Gasteiger partial charge in [-0.2, -0.15) is 13.2 Å². The van der Waals surface area contributed by atoms with E-state index < -0.39 is 36.1 Å². The van der Waals surface area contributed by atoms with E-state index in [1.54, 1.807) is 38.1 Å². The fourth-order valence-corrected chi connectivity index (χ4v) is 2.93. The molecule has 0 bridgehead atoms. The summed E-state index contributed by atoms with van der Waals surface area (Å²) in [4.78, 5) is 12.1. The van der Waals surface area contributed by atoms with Crippen LogP contribution in [0.5, 0.6) is 0 Å². The molecule has 1 saturated heterocycles. The molecule has 0 aliphatic carbocycles. The van der Waals surface area contributed by atoms with Crippen LogP contribution in [0.4, 0.5) is 18.0 Å². The van der Waals surface area contributed by atoms with Crippen molar-refractivity contribution in [2.45, 2.75) is 57.9 Å². The first-order chi connectivity index (χ1) is 12.1. The number of alkyl halides is 3. The molecule has 0 unspecified atom stereocenters. The van der Waals surface area contributed by atoms with E-state index in [0.717, 1.165) is 5.56 Å². The van der Waals surface area contributed by atoms with E-state index in [1.165, 1.54) is 6.92 Å². The van der Waals surface area contributed by atoms with Crippen LogP contribution in [0.3, 0.4) is 0 Å². The Morgan fingerprint density at radius 1 is 1.35 bits per heavy atom. The second-order valence-corrected chi connectivity index (χ2v) is 6.66. The van der Waals surface area contributed by atoms with Crippen LogP contribution < -0.4 is 5.32 Å². The van der Waals surface area contributed by atoms with Crippen molar-refractivity contribution in [3.8, 4) is 0 Å². The van der Waals surface area contributed by atoms with Gasteiger partial charge in [0, 0.05) is 0 Å². The molecular weight excluding hydrogens is 351 g/mol. The average molecular weight is 375 g/mol. The lowest BCUT2D eigenvalue weighted by molar-refractivity contribution is -0.197. The Morgan fingerprint density at radius 3 is 2.50 bits per heavy atom. The molecule has 0 aromatic heterocycles. The first-order valence-electron chi connectivity index (χ1n) is 8.48. The van der Waals surface area contributed by atoms with Gasteiger partial charge in [-0.05, 0) is 25.8 Å². The van der Waals surface area contributed by atoms with Crippen LogP contribution >= 0.6 is 0 Å². The molecule has 1 aliphatic heterocycles. The number of carbonyl (C=O) groups is 1. The van der Waals surface area contributed by atoms with Crippen LogP contribution in [0.25, 0.3) is 0 Å². The number of amides is 1. The van der Waals surface area contributed by atoms with Crippen molar-refractivity contribution >= 4 is 6.09 Å². The summed E-state index contributed by atoms with van der Waals surface area (Å²) in [6.07, 6.45) is -6.52. The van der Waals surface area contributed by atoms with Crippen LogP contribution in [0.2, 0.25) is 0 Å². The molecule has 0 saturated carbocycles. The molecule has 146 valence electrons. The number of carbonyl (C=O) groups excluding carboxylic acids is 1. The van der Waals surface area contributed by atoms with E-state index in [-0.39, 0.29) is 19.6 Å². The van der Waals surface area contributed by atoms with E-state index in [2.05, 4.69) is 5.32 Å². The highest BCUT2D eigenvalue weighted by atomic mass is 19.4. The summed E-state index contributed by atoms with van der Waals surface area (Å²) in [5.41, 5.74) is 0.739. The highest BCUT2D eigenvalue weighted by Crippen LogP contribution is 2.36. The molecule has 1 N–H and O–H groups in total. The minimum absolute atomic E-state index is 0.0320. The summed E-state index contributed by atoms with van der Waals surface area (Å²) in [5.74, 6) is -2.77.